The molecule has 4 rings (SSSR count). The first kappa shape index (κ1) is 8.54. The predicted octanol–water partition coefficient (Wildman–Crippen LogP) is 4.96. The van der Waals surface area contributed by atoms with Gasteiger partial charge >= 0.3 is 0 Å². The van der Waals surface area contributed by atoms with Gasteiger partial charge in [0.15, 0.2) is 0 Å². The van der Waals surface area contributed by atoms with Crippen LogP contribution >= 0.6 is 0 Å². The van der Waals surface area contributed by atoms with Gasteiger partial charge in [-0.25, -0.2) is 0 Å². The molecule has 2 heteroatoms. The second-order valence-electron chi connectivity index (χ2n) is 4.72. The van der Waals surface area contributed by atoms with Crippen LogP contribution in [0.1, 0.15) is 9.68 Å². The number of hydrogen-bond acceptors (Lipinski definition) is 2. The molecule has 0 unspecified atom stereocenters. The summed E-state index contributed by atoms with van der Waals surface area (Å²) in [6, 6.07) is 16.8. The number of rotatable bonds is 1. The highest BCUT2D eigenvalue weighted by atomic mass is 16.3. The Morgan fingerprint density at radius 2 is 1.90 bits per heavy atom. The SMILES string of the molecule is [2H]C([2H])([2H])c1cccc2c1oc1cc(-c3ccccc3)ncc12. The van der Waals surface area contributed by atoms with Crippen molar-refractivity contribution >= 4 is 21.9 Å². The summed E-state index contributed by atoms with van der Waals surface area (Å²) < 4.78 is 28.9. The molecule has 2 aromatic heterocycles. The third kappa shape index (κ3) is 1.62. The quantitative estimate of drug-likeness (QED) is 0.484. The minimum absolute atomic E-state index is 0.229. The topological polar surface area (TPSA) is 26.0 Å². The molecular weight excluding hydrogens is 246 g/mol. The fourth-order valence-corrected chi connectivity index (χ4v) is 2.46. The van der Waals surface area contributed by atoms with Crippen molar-refractivity contribution in [3.05, 3.63) is 66.4 Å². The fraction of sp³-hybridized carbons (Fsp3) is 0.0556. The Kier molecular flexibility index (Phi) is 1.79. The first-order chi connectivity index (χ1) is 11.0. The van der Waals surface area contributed by atoms with Crippen LogP contribution in [0, 0.1) is 6.85 Å². The monoisotopic (exact) mass is 262 g/mol. The normalized spacial score (nSPS) is 14.1. The highest BCUT2D eigenvalue weighted by Gasteiger charge is 2.10. The van der Waals surface area contributed by atoms with Crippen LogP contribution in [-0.4, -0.2) is 4.98 Å². The first-order valence-corrected chi connectivity index (χ1v) is 6.41. The average molecular weight is 262 g/mol. The molecule has 4 aromatic rings. The first-order valence-electron chi connectivity index (χ1n) is 7.91. The molecule has 2 heterocycles. The molecule has 0 saturated carbocycles. The molecule has 0 saturated heterocycles. The number of fused-ring (bicyclic) bond motifs is 3. The highest BCUT2D eigenvalue weighted by Crippen LogP contribution is 2.32. The van der Waals surface area contributed by atoms with Gasteiger partial charge in [-0.1, -0.05) is 48.5 Å². The van der Waals surface area contributed by atoms with Crippen molar-refractivity contribution < 1.29 is 8.53 Å². The van der Waals surface area contributed by atoms with Crippen molar-refractivity contribution in [2.24, 2.45) is 0 Å². The third-order valence-electron chi connectivity index (χ3n) is 3.45. The lowest BCUT2D eigenvalue weighted by Crippen LogP contribution is -1.81. The number of furan rings is 1. The molecule has 2 nitrogen and oxygen atoms in total. The molecule has 0 bridgehead atoms. The van der Waals surface area contributed by atoms with Crippen LogP contribution in [0.3, 0.4) is 0 Å². The Bertz CT molecular complexity index is 1000. The predicted molar refractivity (Wildman–Crippen MR) is 81.7 cm³/mol. The van der Waals surface area contributed by atoms with Gasteiger partial charge in [-0.15, -0.1) is 0 Å². The van der Waals surface area contributed by atoms with Crippen molar-refractivity contribution in [2.75, 3.05) is 0 Å². The molecule has 0 aliphatic rings. The summed E-state index contributed by atoms with van der Waals surface area (Å²) in [6.45, 7) is -2.21. The smallest absolute Gasteiger partial charge is 0.139 e. The van der Waals surface area contributed by atoms with Crippen molar-refractivity contribution in [2.45, 2.75) is 6.85 Å². The van der Waals surface area contributed by atoms with Gasteiger partial charge in [0.2, 0.25) is 0 Å². The Hall–Kier alpha value is -2.61. The van der Waals surface area contributed by atoms with E-state index >= 15 is 0 Å². The van der Waals surface area contributed by atoms with Crippen LogP contribution < -0.4 is 0 Å². The zero-order chi connectivity index (χ0) is 16.0. The summed E-state index contributed by atoms with van der Waals surface area (Å²) in [5.74, 6) is 0. The molecule has 0 aliphatic carbocycles. The fourth-order valence-electron chi connectivity index (χ4n) is 2.46. The van der Waals surface area contributed by atoms with E-state index in [-0.39, 0.29) is 5.56 Å². The Balaban J connectivity index is 1.99. The Morgan fingerprint density at radius 3 is 2.75 bits per heavy atom. The van der Waals surface area contributed by atoms with Gasteiger partial charge in [-0.05, 0) is 12.4 Å². The van der Waals surface area contributed by atoms with E-state index in [4.69, 9.17) is 8.53 Å². The number of hydrogen-bond donors (Lipinski definition) is 0. The van der Waals surface area contributed by atoms with E-state index in [9.17, 15) is 0 Å². The Labute approximate surface area is 120 Å². The van der Waals surface area contributed by atoms with E-state index in [1.54, 1.807) is 18.3 Å². The number of nitrogens with zero attached hydrogens (tertiary/aromatic N) is 1. The van der Waals surface area contributed by atoms with Crippen LogP contribution in [0.15, 0.2) is 65.2 Å². The van der Waals surface area contributed by atoms with E-state index in [1.807, 2.05) is 42.5 Å². The number of benzene rings is 2. The maximum absolute atomic E-state index is 7.66. The number of para-hydroxylation sites is 1. The second-order valence-corrected chi connectivity index (χ2v) is 4.72. The number of pyridine rings is 1. The second kappa shape index (κ2) is 4.20. The zero-order valence-electron chi connectivity index (χ0n) is 13.6. The molecule has 0 atom stereocenters. The molecule has 0 amide bonds. The molecule has 20 heavy (non-hydrogen) atoms. The van der Waals surface area contributed by atoms with Crippen LogP contribution in [0.25, 0.3) is 33.2 Å². The molecule has 96 valence electrons. The number of aryl methyl sites for hydroxylation is 1. The van der Waals surface area contributed by atoms with Gasteiger partial charge in [-0.2, -0.15) is 0 Å². The van der Waals surface area contributed by atoms with Gasteiger partial charge in [0.05, 0.1) is 5.69 Å². The lowest BCUT2D eigenvalue weighted by atomic mass is 10.1. The molecule has 0 aliphatic heterocycles. The van der Waals surface area contributed by atoms with Gasteiger partial charge in [0.1, 0.15) is 11.2 Å². The van der Waals surface area contributed by atoms with Crippen LogP contribution in [0.5, 0.6) is 0 Å². The van der Waals surface area contributed by atoms with Crippen LogP contribution in [-0.2, 0) is 0 Å². The molecule has 0 spiro atoms. The standard InChI is InChI=1S/C18H13NO/c1-12-6-5-9-14-15-11-19-16(10-17(15)20-18(12)14)13-7-3-2-4-8-13/h2-11H,1H3/i1D3. The highest BCUT2D eigenvalue weighted by molar-refractivity contribution is 6.06. The van der Waals surface area contributed by atoms with Crippen molar-refractivity contribution in [1.82, 2.24) is 4.98 Å². The van der Waals surface area contributed by atoms with Crippen molar-refractivity contribution in [3.8, 4) is 11.3 Å². The van der Waals surface area contributed by atoms with Crippen LogP contribution in [0.4, 0.5) is 0 Å². The van der Waals surface area contributed by atoms with Crippen molar-refractivity contribution in [1.29, 1.82) is 0 Å². The van der Waals surface area contributed by atoms with Crippen molar-refractivity contribution in [3.63, 3.8) is 0 Å². The van der Waals surface area contributed by atoms with E-state index in [2.05, 4.69) is 4.98 Å². The maximum atomic E-state index is 7.66. The maximum Gasteiger partial charge on any atom is 0.139 e. The molecular formula is C18H13NO. The summed E-state index contributed by atoms with van der Waals surface area (Å²) >= 11 is 0. The zero-order valence-corrected chi connectivity index (χ0v) is 10.6. The third-order valence-corrected chi connectivity index (χ3v) is 3.45. The minimum Gasteiger partial charge on any atom is -0.456 e. The van der Waals surface area contributed by atoms with Crippen LogP contribution in [0.2, 0.25) is 0 Å². The lowest BCUT2D eigenvalue weighted by Gasteiger charge is -1.99. The summed E-state index contributed by atoms with van der Waals surface area (Å²) in [5.41, 5.74) is 3.08. The molecule has 0 radical (unpaired) electrons. The van der Waals surface area contributed by atoms with E-state index in [1.165, 1.54) is 0 Å². The van der Waals surface area contributed by atoms with E-state index in [0.29, 0.717) is 11.2 Å². The summed E-state index contributed by atoms with van der Waals surface area (Å²) in [5, 5.41) is 1.60. The minimum atomic E-state index is -2.21. The number of aromatic nitrogens is 1. The summed E-state index contributed by atoms with van der Waals surface area (Å²) in [4.78, 5) is 4.49. The molecule has 2 aromatic carbocycles. The van der Waals surface area contributed by atoms with E-state index in [0.717, 1.165) is 22.0 Å². The lowest BCUT2D eigenvalue weighted by molar-refractivity contribution is 0.665. The molecule has 0 N–H and O–H groups in total. The van der Waals surface area contributed by atoms with Gasteiger partial charge in [0.25, 0.3) is 0 Å². The average Bonchev–Trinajstić information content (AvgIpc) is 2.92. The Morgan fingerprint density at radius 1 is 1.00 bits per heavy atom. The van der Waals surface area contributed by atoms with Gasteiger partial charge in [-0.3, -0.25) is 4.98 Å². The summed E-state index contributed by atoms with van der Waals surface area (Å²) in [6.07, 6.45) is 1.74. The molecule has 0 fully saturated rings. The van der Waals surface area contributed by atoms with Gasteiger partial charge < -0.3 is 4.42 Å². The van der Waals surface area contributed by atoms with E-state index < -0.39 is 6.85 Å². The van der Waals surface area contributed by atoms with Gasteiger partial charge in [0, 0.05) is 32.7 Å². The summed E-state index contributed by atoms with van der Waals surface area (Å²) in [7, 11) is 0. The largest absolute Gasteiger partial charge is 0.456 e.